The van der Waals surface area contributed by atoms with Gasteiger partial charge < -0.3 is 19.7 Å². The first-order chi connectivity index (χ1) is 15.0. The zero-order chi connectivity index (χ0) is 23.5. The van der Waals surface area contributed by atoms with E-state index in [2.05, 4.69) is 5.32 Å². The Bertz CT molecular complexity index is 1040. The number of rotatable bonds is 8. The van der Waals surface area contributed by atoms with Gasteiger partial charge in [0.25, 0.3) is 0 Å². The highest BCUT2D eigenvalue weighted by atomic mass is 32.2. The predicted molar refractivity (Wildman–Crippen MR) is 120 cm³/mol. The molecule has 0 spiro atoms. The van der Waals surface area contributed by atoms with Crippen LogP contribution in [-0.4, -0.2) is 95.5 Å². The van der Waals surface area contributed by atoms with E-state index in [9.17, 15) is 21.6 Å². The second-order valence-corrected chi connectivity index (χ2v) is 12.4. The van der Waals surface area contributed by atoms with Crippen molar-refractivity contribution in [3.05, 3.63) is 18.2 Å². The summed E-state index contributed by atoms with van der Waals surface area (Å²) in [5, 5.41) is 2.99. The number of sulfonamides is 1. The molecule has 0 saturated carbocycles. The summed E-state index contributed by atoms with van der Waals surface area (Å²) in [5.41, 5.74) is 0.383. The zero-order valence-electron chi connectivity index (χ0n) is 18.6. The molecule has 12 heteroatoms. The number of anilines is 1. The molecule has 2 saturated heterocycles. The van der Waals surface area contributed by atoms with E-state index in [1.54, 1.807) is 13.1 Å². The van der Waals surface area contributed by atoms with Gasteiger partial charge in [0.2, 0.25) is 15.9 Å². The lowest BCUT2D eigenvalue weighted by Gasteiger charge is -2.27. The van der Waals surface area contributed by atoms with Gasteiger partial charge in [-0.2, -0.15) is 4.31 Å². The summed E-state index contributed by atoms with van der Waals surface area (Å²) in [7, 11) is -5.24. The summed E-state index contributed by atoms with van der Waals surface area (Å²) in [6, 6.07) is 4.18. The summed E-state index contributed by atoms with van der Waals surface area (Å²) in [6.07, 6.45) is 0.263. The van der Waals surface area contributed by atoms with Crippen LogP contribution in [0.15, 0.2) is 23.1 Å². The van der Waals surface area contributed by atoms with Gasteiger partial charge in [-0.25, -0.2) is 16.8 Å². The number of nitrogens with zero attached hydrogens (tertiary/aromatic N) is 2. The standard InChI is InChI=1S/C20H31N3O7S2/c1-15(2)30-19-5-4-17(32(27,28)23-7-9-29-10-8-23)12-18(19)21-13-20(24)22(3)16-6-11-31(25,26)14-16/h4-5,12,15-16,21H,6-11,13-14H2,1-3H3. The van der Waals surface area contributed by atoms with Crippen LogP contribution in [0.2, 0.25) is 0 Å². The quantitative estimate of drug-likeness (QED) is 0.562. The molecule has 0 aromatic heterocycles. The number of ether oxygens (including phenoxy) is 2. The minimum Gasteiger partial charge on any atom is -0.489 e. The van der Waals surface area contributed by atoms with Crippen molar-refractivity contribution in [3.63, 3.8) is 0 Å². The second kappa shape index (κ2) is 9.94. The van der Waals surface area contributed by atoms with Crippen molar-refractivity contribution in [1.82, 2.24) is 9.21 Å². The normalized spacial score (nSPS) is 21.4. The summed E-state index contributed by atoms with van der Waals surface area (Å²) in [4.78, 5) is 14.2. The number of amides is 1. The highest BCUT2D eigenvalue weighted by Gasteiger charge is 2.33. The summed E-state index contributed by atoms with van der Waals surface area (Å²) in [5.74, 6) is 0.185. The minimum absolute atomic E-state index is 0.0375. The number of nitrogens with one attached hydrogen (secondary N) is 1. The number of sulfone groups is 1. The molecule has 1 unspecified atom stereocenters. The van der Waals surface area contributed by atoms with Crippen molar-refractivity contribution in [2.24, 2.45) is 0 Å². The fraction of sp³-hybridized carbons (Fsp3) is 0.650. The first-order valence-electron chi connectivity index (χ1n) is 10.6. The van der Waals surface area contributed by atoms with E-state index in [-0.39, 0.29) is 54.1 Å². The maximum absolute atomic E-state index is 13.0. The van der Waals surface area contributed by atoms with Crippen molar-refractivity contribution in [2.45, 2.75) is 37.3 Å². The van der Waals surface area contributed by atoms with Crippen molar-refractivity contribution >= 4 is 31.5 Å². The highest BCUT2D eigenvalue weighted by molar-refractivity contribution is 7.91. The molecule has 1 aromatic carbocycles. The molecule has 0 aliphatic carbocycles. The summed E-state index contributed by atoms with van der Waals surface area (Å²) in [6.45, 7) is 4.82. The van der Waals surface area contributed by atoms with Crippen LogP contribution in [0, 0.1) is 0 Å². The molecule has 2 aliphatic heterocycles. The van der Waals surface area contributed by atoms with Gasteiger partial charge in [0.1, 0.15) is 5.75 Å². The van der Waals surface area contributed by atoms with Gasteiger partial charge in [-0.3, -0.25) is 4.79 Å². The van der Waals surface area contributed by atoms with E-state index in [0.717, 1.165) is 0 Å². The van der Waals surface area contributed by atoms with Gasteiger partial charge in [0.15, 0.2) is 9.84 Å². The van der Waals surface area contributed by atoms with Crippen molar-refractivity contribution in [1.29, 1.82) is 0 Å². The number of likely N-dealkylation sites (N-methyl/N-ethyl adjacent to an activating group) is 1. The molecule has 1 atom stereocenters. The van der Waals surface area contributed by atoms with Crippen LogP contribution in [0.4, 0.5) is 5.69 Å². The van der Waals surface area contributed by atoms with E-state index in [1.165, 1.54) is 21.3 Å². The number of carbonyl (C=O) groups excluding carboxylic acids is 1. The molecule has 0 bridgehead atoms. The lowest BCUT2D eigenvalue weighted by Crippen LogP contribution is -2.41. The topological polar surface area (TPSA) is 122 Å². The van der Waals surface area contributed by atoms with Gasteiger partial charge in [-0.1, -0.05) is 0 Å². The maximum atomic E-state index is 13.0. The first kappa shape index (κ1) is 24.7. The molecule has 0 radical (unpaired) electrons. The van der Waals surface area contributed by atoms with Crippen LogP contribution in [-0.2, 0) is 29.4 Å². The van der Waals surface area contributed by atoms with E-state index < -0.39 is 19.9 Å². The van der Waals surface area contributed by atoms with Crippen LogP contribution in [0.5, 0.6) is 5.75 Å². The Labute approximate surface area is 189 Å². The van der Waals surface area contributed by atoms with Crippen molar-refractivity contribution < 1.29 is 31.1 Å². The second-order valence-electron chi connectivity index (χ2n) is 8.26. The maximum Gasteiger partial charge on any atom is 0.243 e. The van der Waals surface area contributed by atoms with Gasteiger partial charge >= 0.3 is 0 Å². The van der Waals surface area contributed by atoms with Crippen LogP contribution in [0.25, 0.3) is 0 Å². The van der Waals surface area contributed by atoms with E-state index >= 15 is 0 Å². The molecule has 32 heavy (non-hydrogen) atoms. The molecular weight excluding hydrogens is 458 g/mol. The van der Waals surface area contributed by atoms with Gasteiger partial charge in [-0.05, 0) is 38.5 Å². The monoisotopic (exact) mass is 489 g/mol. The average molecular weight is 490 g/mol. The Morgan fingerprint density at radius 3 is 2.59 bits per heavy atom. The lowest BCUT2D eigenvalue weighted by atomic mass is 10.2. The molecule has 180 valence electrons. The third kappa shape index (κ3) is 5.91. The largest absolute Gasteiger partial charge is 0.489 e. The molecule has 1 N–H and O–H groups in total. The smallest absolute Gasteiger partial charge is 0.243 e. The Kier molecular flexibility index (Phi) is 7.69. The van der Waals surface area contributed by atoms with E-state index in [1.807, 2.05) is 13.8 Å². The van der Waals surface area contributed by atoms with Crippen LogP contribution < -0.4 is 10.1 Å². The van der Waals surface area contributed by atoms with Crippen LogP contribution in [0.3, 0.4) is 0 Å². The van der Waals surface area contributed by atoms with Crippen molar-refractivity contribution in [3.8, 4) is 5.75 Å². The molecule has 1 aromatic rings. The Morgan fingerprint density at radius 2 is 2.00 bits per heavy atom. The number of carbonyl (C=O) groups is 1. The SMILES string of the molecule is CC(C)Oc1ccc(S(=O)(=O)N2CCOCC2)cc1NCC(=O)N(C)C1CCS(=O)(=O)C1. The predicted octanol–water partition coefficient (Wildman–Crippen LogP) is 0.552. The molecular formula is C20H31N3O7S2. The van der Waals surface area contributed by atoms with Crippen LogP contribution in [0.1, 0.15) is 20.3 Å². The molecule has 2 aliphatic rings. The molecule has 1 amide bonds. The average Bonchev–Trinajstić information content (AvgIpc) is 3.12. The van der Waals surface area contributed by atoms with Crippen molar-refractivity contribution in [2.75, 3.05) is 56.7 Å². The summed E-state index contributed by atoms with van der Waals surface area (Å²) >= 11 is 0. The molecule has 3 rings (SSSR count). The van der Waals surface area contributed by atoms with Crippen LogP contribution >= 0.6 is 0 Å². The Balaban J connectivity index is 1.77. The third-order valence-electron chi connectivity index (χ3n) is 5.50. The Hall–Kier alpha value is -1.89. The fourth-order valence-electron chi connectivity index (χ4n) is 3.68. The lowest BCUT2D eigenvalue weighted by molar-refractivity contribution is -0.129. The number of hydrogen-bond donors (Lipinski definition) is 1. The highest BCUT2D eigenvalue weighted by Crippen LogP contribution is 2.30. The first-order valence-corrected chi connectivity index (χ1v) is 13.8. The minimum atomic E-state index is -3.71. The number of morpholine rings is 1. The molecule has 10 nitrogen and oxygen atoms in total. The fourth-order valence-corrected chi connectivity index (χ4v) is 6.89. The van der Waals surface area contributed by atoms with Gasteiger partial charge in [0.05, 0.1) is 48.0 Å². The number of benzene rings is 1. The zero-order valence-corrected chi connectivity index (χ0v) is 20.2. The van der Waals surface area contributed by atoms with E-state index in [4.69, 9.17) is 9.47 Å². The summed E-state index contributed by atoms with van der Waals surface area (Å²) < 4.78 is 61.9. The van der Waals surface area contributed by atoms with Gasteiger partial charge in [-0.15, -0.1) is 0 Å². The molecule has 2 heterocycles. The van der Waals surface area contributed by atoms with E-state index in [0.29, 0.717) is 31.1 Å². The third-order valence-corrected chi connectivity index (χ3v) is 9.15. The molecule has 2 fully saturated rings. The van der Waals surface area contributed by atoms with Gasteiger partial charge in [0, 0.05) is 26.2 Å². The Morgan fingerprint density at radius 1 is 1.31 bits per heavy atom. The number of hydrogen-bond acceptors (Lipinski definition) is 8.